The first kappa shape index (κ1) is 25.8. The molecule has 3 atom stereocenters. The number of carbonyl (C=O) groups excluding carboxylic acids is 1. The van der Waals surface area contributed by atoms with E-state index >= 15 is 0 Å². The van der Waals surface area contributed by atoms with Gasteiger partial charge in [0.1, 0.15) is 6.33 Å². The monoisotopic (exact) mass is 556 g/mol. The molecular weight excluding hydrogens is 532 g/mol. The van der Waals surface area contributed by atoms with Crippen molar-refractivity contribution >= 4 is 23.2 Å². The van der Waals surface area contributed by atoms with Gasteiger partial charge in [0.25, 0.3) is 5.91 Å². The second-order valence-electron chi connectivity index (χ2n) is 10.6. The van der Waals surface area contributed by atoms with E-state index in [1.54, 1.807) is 40.9 Å². The highest BCUT2D eigenvalue weighted by atomic mass is 35.5. The summed E-state index contributed by atoms with van der Waals surface area (Å²) in [6.07, 6.45) is 0.412. The number of rotatable bonds is 4. The van der Waals surface area contributed by atoms with Gasteiger partial charge < -0.3 is 4.90 Å². The lowest BCUT2D eigenvalue weighted by molar-refractivity contribution is -0.228. The molecule has 2 aliphatic rings. The third-order valence-electron chi connectivity index (χ3n) is 8.45. The maximum atomic E-state index is 14.9. The maximum absolute atomic E-state index is 14.9. The number of hydrogen-bond acceptors (Lipinski definition) is 3. The van der Waals surface area contributed by atoms with Crippen molar-refractivity contribution in [1.82, 2.24) is 19.5 Å². The van der Waals surface area contributed by atoms with Crippen LogP contribution in [0.2, 0.25) is 5.02 Å². The molecule has 2 aromatic heterocycles. The quantitative estimate of drug-likeness (QED) is 0.271. The standard InChI is InChI=1S/C29H25ClF4N4O/c1-27(31,29(32,33)34)21-6-9-23-19(14-21)4-10-24-28(23,15-18-2-7-22(30)8-3-18)12-13-38(24)26(39)20-5-11-25-36-35-17-37(25)16-20/h2-3,5-9,11,14,16-17,24H,4,10,12-13,15H2,1H3. The van der Waals surface area contributed by atoms with Crippen molar-refractivity contribution in [2.75, 3.05) is 6.54 Å². The molecule has 1 aliphatic heterocycles. The Morgan fingerprint density at radius 1 is 1.10 bits per heavy atom. The van der Waals surface area contributed by atoms with Crippen LogP contribution in [0, 0.1) is 0 Å². The van der Waals surface area contributed by atoms with Crippen molar-refractivity contribution in [2.24, 2.45) is 0 Å². The molecular formula is C29H25ClF4N4O. The van der Waals surface area contributed by atoms with Crippen molar-refractivity contribution in [2.45, 2.75) is 55.9 Å². The van der Waals surface area contributed by atoms with Crippen LogP contribution in [0.5, 0.6) is 0 Å². The molecule has 10 heteroatoms. The topological polar surface area (TPSA) is 50.5 Å². The second kappa shape index (κ2) is 9.05. The highest BCUT2D eigenvalue weighted by molar-refractivity contribution is 6.30. The Kier molecular flexibility index (Phi) is 5.98. The Morgan fingerprint density at radius 2 is 1.87 bits per heavy atom. The molecule has 0 N–H and O–H groups in total. The summed E-state index contributed by atoms with van der Waals surface area (Å²) in [5, 5.41) is 8.47. The fraction of sp³-hybridized carbons (Fsp3) is 0.345. The predicted molar refractivity (Wildman–Crippen MR) is 139 cm³/mol. The van der Waals surface area contributed by atoms with Crippen molar-refractivity contribution < 1.29 is 22.4 Å². The first-order valence-electron chi connectivity index (χ1n) is 12.7. The summed E-state index contributed by atoms with van der Waals surface area (Å²) in [7, 11) is 0. The zero-order valence-corrected chi connectivity index (χ0v) is 21.8. The molecule has 4 aromatic rings. The Balaban J connectivity index is 1.42. The molecule has 1 fully saturated rings. The molecule has 6 rings (SSSR count). The first-order chi connectivity index (χ1) is 18.5. The van der Waals surface area contributed by atoms with Crippen LogP contribution in [0.4, 0.5) is 17.6 Å². The summed E-state index contributed by atoms with van der Waals surface area (Å²) in [6, 6.07) is 15.0. The van der Waals surface area contributed by atoms with Gasteiger partial charge in [-0.1, -0.05) is 41.9 Å². The third-order valence-corrected chi connectivity index (χ3v) is 8.70. The van der Waals surface area contributed by atoms with Crippen LogP contribution in [-0.4, -0.2) is 44.2 Å². The Labute approximate surface area is 227 Å². The number of pyridine rings is 1. The van der Waals surface area contributed by atoms with E-state index in [0.717, 1.165) is 11.1 Å². The maximum Gasteiger partial charge on any atom is 0.426 e. The molecule has 3 heterocycles. The van der Waals surface area contributed by atoms with Crippen LogP contribution in [0.3, 0.4) is 0 Å². The summed E-state index contributed by atoms with van der Waals surface area (Å²) in [5.41, 5.74) is -0.683. The van der Waals surface area contributed by atoms with E-state index in [1.807, 2.05) is 17.0 Å². The molecule has 0 radical (unpaired) electrons. The fourth-order valence-corrected chi connectivity index (χ4v) is 6.48. The van der Waals surface area contributed by atoms with E-state index in [-0.39, 0.29) is 11.9 Å². The highest BCUT2D eigenvalue weighted by Crippen LogP contribution is 2.51. The summed E-state index contributed by atoms with van der Waals surface area (Å²) >= 11 is 6.12. The smallest absolute Gasteiger partial charge is 0.335 e. The number of carbonyl (C=O) groups is 1. The summed E-state index contributed by atoms with van der Waals surface area (Å²) in [4.78, 5) is 15.7. The zero-order chi connectivity index (χ0) is 27.6. The summed E-state index contributed by atoms with van der Waals surface area (Å²) in [5.74, 6) is -0.123. The Bertz CT molecular complexity index is 1570. The van der Waals surface area contributed by atoms with Crippen LogP contribution in [0.15, 0.2) is 67.1 Å². The molecule has 39 heavy (non-hydrogen) atoms. The number of likely N-dealkylation sites (tertiary alicyclic amines) is 1. The van der Waals surface area contributed by atoms with E-state index in [0.29, 0.717) is 60.9 Å². The molecule has 5 nitrogen and oxygen atoms in total. The fourth-order valence-electron chi connectivity index (χ4n) is 6.35. The first-order valence-corrected chi connectivity index (χ1v) is 13.1. The molecule has 1 saturated heterocycles. The summed E-state index contributed by atoms with van der Waals surface area (Å²) in [6.45, 7) is 1.05. The molecule has 0 saturated carbocycles. The normalized spacial score (nSPS) is 22.4. The predicted octanol–water partition coefficient (Wildman–Crippen LogP) is 6.47. The number of amides is 1. The van der Waals surface area contributed by atoms with E-state index in [9.17, 15) is 22.4 Å². The van der Waals surface area contributed by atoms with Gasteiger partial charge in [-0.3, -0.25) is 9.20 Å². The minimum Gasteiger partial charge on any atom is -0.335 e. The van der Waals surface area contributed by atoms with Crippen LogP contribution < -0.4 is 0 Å². The van der Waals surface area contributed by atoms with Crippen LogP contribution >= 0.6 is 11.6 Å². The van der Waals surface area contributed by atoms with Gasteiger partial charge in [0.05, 0.1) is 5.56 Å². The molecule has 0 bridgehead atoms. The van der Waals surface area contributed by atoms with Gasteiger partial charge in [0.15, 0.2) is 5.65 Å². The zero-order valence-electron chi connectivity index (χ0n) is 21.1. The second-order valence-corrected chi connectivity index (χ2v) is 11.1. The summed E-state index contributed by atoms with van der Waals surface area (Å²) < 4.78 is 57.1. The third kappa shape index (κ3) is 4.18. The van der Waals surface area contributed by atoms with Crippen molar-refractivity contribution in [1.29, 1.82) is 0 Å². The number of aryl methyl sites for hydroxylation is 1. The van der Waals surface area contributed by atoms with Gasteiger partial charge in [-0.15, -0.1) is 10.2 Å². The minimum atomic E-state index is -5.03. The molecule has 2 aromatic carbocycles. The largest absolute Gasteiger partial charge is 0.426 e. The van der Waals surface area contributed by atoms with Crippen molar-refractivity contribution in [3.63, 3.8) is 0 Å². The van der Waals surface area contributed by atoms with Crippen molar-refractivity contribution in [3.8, 4) is 0 Å². The van der Waals surface area contributed by atoms with Gasteiger partial charge >= 0.3 is 6.18 Å². The van der Waals surface area contributed by atoms with Crippen LogP contribution in [0.1, 0.15) is 52.4 Å². The van der Waals surface area contributed by atoms with Gasteiger partial charge in [0, 0.05) is 29.2 Å². The van der Waals surface area contributed by atoms with Crippen molar-refractivity contribution in [3.05, 3.63) is 100.0 Å². The Morgan fingerprint density at radius 3 is 2.62 bits per heavy atom. The number of alkyl halides is 4. The molecule has 1 aliphatic carbocycles. The lowest BCUT2D eigenvalue weighted by Gasteiger charge is -2.44. The number of hydrogen-bond donors (Lipinski definition) is 0. The molecule has 3 unspecified atom stereocenters. The number of nitrogens with zero attached hydrogens (tertiary/aromatic N) is 4. The average Bonchev–Trinajstić information content (AvgIpc) is 3.53. The van der Waals surface area contributed by atoms with E-state index < -0.39 is 22.8 Å². The number of benzene rings is 2. The average molecular weight is 557 g/mol. The SMILES string of the molecule is CC(F)(c1ccc2c(c1)CCC1N(C(=O)c3ccc4nncn4c3)CCC21Cc1ccc(Cl)cc1)C(F)(F)F. The molecule has 0 spiro atoms. The van der Waals surface area contributed by atoms with E-state index in [4.69, 9.17) is 11.6 Å². The lowest BCUT2D eigenvalue weighted by Crippen LogP contribution is -2.49. The highest BCUT2D eigenvalue weighted by Gasteiger charge is 2.55. The Hall–Kier alpha value is -3.46. The van der Waals surface area contributed by atoms with E-state index in [2.05, 4.69) is 10.2 Å². The van der Waals surface area contributed by atoms with E-state index in [1.165, 1.54) is 18.5 Å². The lowest BCUT2D eigenvalue weighted by atomic mass is 9.63. The number of halogens is 5. The molecule has 1 amide bonds. The molecule has 202 valence electrons. The number of fused-ring (bicyclic) bond motifs is 4. The van der Waals surface area contributed by atoms with Gasteiger partial charge in [-0.05, 0) is 79.1 Å². The van der Waals surface area contributed by atoms with Gasteiger partial charge in [-0.25, -0.2) is 4.39 Å². The minimum absolute atomic E-state index is 0.123. The van der Waals surface area contributed by atoms with Gasteiger partial charge in [0.2, 0.25) is 5.67 Å². The van der Waals surface area contributed by atoms with Crippen LogP contribution in [0.25, 0.3) is 5.65 Å². The van der Waals surface area contributed by atoms with Crippen LogP contribution in [-0.2, 0) is 23.9 Å². The number of aromatic nitrogens is 3. The van der Waals surface area contributed by atoms with Gasteiger partial charge in [-0.2, -0.15) is 13.2 Å².